The zero-order valence-corrected chi connectivity index (χ0v) is 23.6. The van der Waals surface area contributed by atoms with E-state index in [-0.39, 0.29) is 29.2 Å². The van der Waals surface area contributed by atoms with Gasteiger partial charge in [0.2, 0.25) is 0 Å². The highest BCUT2D eigenvalue weighted by atomic mass is 16.2. The van der Waals surface area contributed by atoms with Gasteiger partial charge in [-0.1, -0.05) is 56.5 Å². The molecule has 0 saturated carbocycles. The first-order chi connectivity index (χ1) is 19.3. The lowest BCUT2D eigenvalue weighted by Gasteiger charge is -2.37. The first kappa shape index (κ1) is 28.7. The standard InChI is InChI=1S/C32H40N6O2/c1-5-7-8-9-14-25(12-6-2)35-32(40)27-19-26(36-37-27)31(39)34-20-23-15-16-24-13-10-11-17-38(28(24)18-23)30-22(4)21(3)29(30)33/h6-8,12,15-16,18-19,25H,3-5,9-11,13-14,17,20,33H2,1-2H3,(H,34,39)(H,35,40)(H,36,37)/b8-7+,12-6+. The maximum Gasteiger partial charge on any atom is 0.272 e. The molecule has 210 valence electrons. The van der Waals surface area contributed by atoms with Crippen molar-refractivity contribution in [2.24, 2.45) is 5.73 Å². The second-order valence-corrected chi connectivity index (χ2v) is 10.2. The number of nitrogens with one attached hydrogen (secondary N) is 3. The number of rotatable bonds is 11. The van der Waals surface area contributed by atoms with E-state index in [9.17, 15) is 9.59 Å². The number of hydrogen-bond donors (Lipinski definition) is 4. The molecule has 0 spiro atoms. The van der Waals surface area contributed by atoms with Crippen LogP contribution in [0.4, 0.5) is 5.69 Å². The van der Waals surface area contributed by atoms with Crippen LogP contribution in [0.1, 0.15) is 78.1 Å². The molecule has 1 aliphatic heterocycles. The summed E-state index contributed by atoms with van der Waals surface area (Å²) in [6.07, 6.45) is 13.9. The summed E-state index contributed by atoms with van der Waals surface area (Å²) >= 11 is 0. The normalized spacial score (nSPS) is 16.2. The van der Waals surface area contributed by atoms with Crippen molar-refractivity contribution < 1.29 is 9.59 Å². The molecule has 2 aromatic rings. The molecule has 1 aromatic heterocycles. The molecular formula is C32H40N6O2. The number of allylic oxidation sites excluding steroid dienone is 5. The minimum absolute atomic E-state index is 0.109. The predicted molar refractivity (Wildman–Crippen MR) is 161 cm³/mol. The molecule has 0 bridgehead atoms. The van der Waals surface area contributed by atoms with Gasteiger partial charge in [-0.25, -0.2) is 0 Å². The molecule has 2 heterocycles. The van der Waals surface area contributed by atoms with Crippen molar-refractivity contribution in [3.05, 3.63) is 107 Å². The number of aromatic amines is 1. The molecule has 2 aliphatic rings. The molecule has 8 nitrogen and oxygen atoms in total. The summed E-state index contributed by atoms with van der Waals surface area (Å²) in [6, 6.07) is 7.65. The van der Waals surface area contributed by atoms with Gasteiger partial charge in [-0.3, -0.25) is 14.7 Å². The van der Waals surface area contributed by atoms with Crippen LogP contribution in [-0.4, -0.2) is 34.6 Å². The third-order valence-electron chi connectivity index (χ3n) is 7.31. The van der Waals surface area contributed by atoms with Gasteiger partial charge in [-0.2, -0.15) is 5.10 Å². The van der Waals surface area contributed by atoms with Crippen molar-refractivity contribution in [3.63, 3.8) is 0 Å². The zero-order valence-electron chi connectivity index (χ0n) is 23.6. The van der Waals surface area contributed by atoms with Crippen LogP contribution in [0.15, 0.2) is 84.3 Å². The second kappa shape index (κ2) is 13.2. The van der Waals surface area contributed by atoms with Crippen molar-refractivity contribution in [1.82, 2.24) is 20.8 Å². The number of benzene rings is 1. The summed E-state index contributed by atoms with van der Waals surface area (Å²) in [6.45, 7) is 13.3. The molecule has 1 aromatic carbocycles. The molecule has 40 heavy (non-hydrogen) atoms. The highest BCUT2D eigenvalue weighted by molar-refractivity contribution is 5.97. The van der Waals surface area contributed by atoms with Crippen molar-refractivity contribution in [2.75, 3.05) is 11.4 Å². The Labute approximate surface area is 236 Å². The number of carbonyl (C=O) groups excluding carboxylic acids is 2. The number of nitrogens with two attached hydrogens (primary N) is 1. The molecule has 0 saturated heterocycles. The van der Waals surface area contributed by atoms with Gasteiger partial charge in [0.25, 0.3) is 11.8 Å². The third kappa shape index (κ3) is 6.45. The number of H-pyrrole nitrogens is 1. The van der Waals surface area contributed by atoms with Gasteiger partial charge in [0.05, 0.1) is 11.4 Å². The monoisotopic (exact) mass is 540 g/mol. The van der Waals surface area contributed by atoms with Crippen molar-refractivity contribution in [3.8, 4) is 0 Å². The summed E-state index contributed by atoms with van der Waals surface area (Å²) in [5, 5.41) is 12.7. The number of carbonyl (C=O) groups is 2. The van der Waals surface area contributed by atoms with Gasteiger partial charge < -0.3 is 21.3 Å². The SMILES string of the molecule is C=C1C(=C)C(N2CCCCc3ccc(CNC(=O)c4cc(C(=O)NC(/C=C/C)CC/C=C/CC)n[nH]4)cc32)=C1N. The Kier molecular flexibility index (Phi) is 9.43. The van der Waals surface area contributed by atoms with E-state index >= 15 is 0 Å². The molecule has 1 atom stereocenters. The average molecular weight is 541 g/mol. The number of aromatic nitrogens is 2. The minimum atomic E-state index is -0.330. The van der Waals surface area contributed by atoms with Gasteiger partial charge in [-0.15, -0.1) is 0 Å². The van der Waals surface area contributed by atoms with E-state index in [4.69, 9.17) is 5.73 Å². The quantitative estimate of drug-likeness (QED) is 0.293. The average Bonchev–Trinajstić information content (AvgIpc) is 3.38. The summed E-state index contributed by atoms with van der Waals surface area (Å²) in [5.74, 6) is -0.652. The lowest BCUT2D eigenvalue weighted by atomic mass is 9.88. The largest absolute Gasteiger partial charge is 0.397 e. The summed E-state index contributed by atoms with van der Waals surface area (Å²) in [5.41, 5.74) is 13.3. The summed E-state index contributed by atoms with van der Waals surface area (Å²) in [4.78, 5) is 27.9. The number of hydrogen-bond acceptors (Lipinski definition) is 5. The first-order valence-corrected chi connectivity index (χ1v) is 14.0. The van der Waals surface area contributed by atoms with Gasteiger partial charge in [-0.05, 0) is 62.6 Å². The van der Waals surface area contributed by atoms with Gasteiger partial charge >= 0.3 is 0 Å². The molecule has 2 amide bonds. The molecule has 0 radical (unpaired) electrons. The topological polar surface area (TPSA) is 116 Å². The third-order valence-corrected chi connectivity index (χ3v) is 7.31. The van der Waals surface area contributed by atoms with Crippen LogP contribution in [0.25, 0.3) is 0 Å². The summed E-state index contributed by atoms with van der Waals surface area (Å²) < 4.78 is 0. The number of nitrogens with zero attached hydrogens (tertiary/aromatic N) is 2. The Morgan fingerprint density at radius 2 is 2.00 bits per heavy atom. The smallest absolute Gasteiger partial charge is 0.272 e. The Morgan fingerprint density at radius 3 is 2.75 bits per heavy atom. The molecule has 4 rings (SSSR count). The molecule has 5 N–H and O–H groups in total. The Balaban J connectivity index is 1.39. The van der Waals surface area contributed by atoms with E-state index in [1.54, 1.807) is 0 Å². The van der Waals surface area contributed by atoms with Crippen molar-refractivity contribution in [2.45, 2.75) is 65.0 Å². The second-order valence-electron chi connectivity index (χ2n) is 10.2. The molecule has 0 fully saturated rings. The van der Waals surface area contributed by atoms with E-state index < -0.39 is 0 Å². The Hall–Kier alpha value is -4.33. The summed E-state index contributed by atoms with van der Waals surface area (Å²) in [7, 11) is 0. The number of anilines is 1. The number of amides is 2. The van der Waals surface area contributed by atoms with Crippen LogP contribution in [0.3, 0.4) is 0 Å². The minimum Gasteiger partial charge on any atom is -0.397 e. The van der Waals surface area contributed by atoms with Crippen LogP contribution >= 0.6 is 0 Å². The van der Waals surface area contributed by atoms with E-state index in [0.717, 1.165) is 73.2 Å². The van der Waals surface area contributed by atoms with Crippen LogP contribution in [0, 0.1) is 0 Å². The van der Waals surface area contributed by atoms with E-state index in [1.165, 1.54) is 11.6 Å². The first-order valence-electron chi connectivity index (χ1n) is 14.0. The molecule has 1 aliphatic carbocycles. The highest BCUT2D eigenvalue weighted by Crippen LogP contribution is 2.41. The maximum atomic E-state index is 12.9. The number of fused-ring (bicyclic) bond motifs is 1. The van der Waals surface area contributed by atoms with E-state index in [2.05, 4.69) is 70.1 Å². The Bertz CT molecular complexity index is 1380. The van der Waals surface area contributed by atoms with Crippen molar-refractivity contribution in [1.29, 1.82) is 0 Å². The van der Waals surface area contributed by atoms with E-state index in [1.807, 2.05) is 25.1 Å². The molecule has 1 unspecified atom stereocenters. The number of aryl methyl sites for hydroxylation is 1. The lowest BCUT2D eigenvalue weighted by molar-refractivity contribution is 0.0935. The fraction of sp³-hybridized carbons (Fsp3) is 0.344. The predicted octanol–water partition coefficient (Wildman–Crippen LogP) is 5.20. The zero-order chi connectivity index (χ0) is 28.6. The maximum absolute atomic E-state index is 12.9. The highest BCUT2D eigenvalue weighted by Gasteiger charge is 2.31. The Morgan fingerprint density at radius 1 is 1.18 bits per heavy atom. The van der Waals surface area contributed by atoms with Crippen LogP contribution in [-0.2, 0) is 13.0 Å². The van der Waals surface area contributed by atoms with Crippen LogP contribution in [0.2, 0.25) is 0 Å². The van der Waals surface area contributed by atoms with Crippen LogP contribution in [0.5, 0.6) is 0 Å². The molecule has 8 heteroatoms. The molecular weight excluding hydrogens is 500 g/mol. The van der Waals surface area contributed by atoms with Gasteiger partial charge in [0.1, 0.15) is 5.69 Å². The van der Waals surface area contributed by atoms with Crippen LogP contribution < -0.4 is 21.3 Å². The van der Waals surface area contributed by atoms with Crippen molar-refractivity contribution >= 4 is 17.5 Å². The fourth-order valence-corrected chi connectivity index (χ4v) is 5.06. The fourth-order valence-electron chi connectivity index (χ4n) is 5.06. The lowest BCUT2D eigenvalue weighted by Crippen LogP contribution is -2.34. The van der Waals surface area contributed by atoms with Gasteiger partial charge in [0.15, 0.2) is 5.69 Å². The van der Waals surface area contributed by atoms with Gasteiger partial charge in [0, 0.05) is 42.0 Å². The van der Waals surface area contributed by atoms with E-state index in [0.29, 0.717) is 12.2 Å².